The van der Waals surface area contributed by atoms with Gasteiger partial charge >= 0.3 is 6.03 Å². The van der Waals surface area contributed by atoms with Gasteiger partial charge in [-0.1, -0.05) is 0 Å². The number of carbonyl (C=O) groups excluding carboxylic acids is 3. The molecular formula is C12H10N4O3. The first-order valence-corrected chi connectivity index (χ1v) is 5.74. The second-order valence-corrected chi connectivity index (χ2v) is 4.17. The van der Waals surface area contributed by atoms with Gasteiger partial charge in [0.25, 0.3) is 0 Å². The highest BCUT2D eigenvalue weighted by atomic mass is 16.2. The van der Waals surface area contributed by atoms with E-state index >= 15 is 0 Å². The number of nitrogens with zero attached hydrogens (tertiary/aromatic N) is 3. The molecule has 2 aromatic rings. The van der Waals surface area contributed by atoms with Gasteiger partial charge in [-0.25, -0.2) is 9.31 Å². The molecule has 3 rings (SSSR count). The molecule has 3 amide bonds. The lowest BCUT2D eigenvalue weighted by Crippen LogP contribution is -2.49. The number of aldehydes is 1. The summed E-state index contributed by atoms with van der Waals surface area (Å²) in [7, 11) is 0. The number of pyridine rings is 1. The third-order valence-electron chi connectivity index (χ3n) is 2.98. The van der Waals surface area contributed by atoms with Gasteiger partial charge in [-0.2, -0.15) is 0 Å². The van der Waals surface area contributed by atoms with Crippen molar-refractivity contribution in [2.45, 2.75) is 6.42 Å². The molecule has 0 atom stereocenters. The van der Waals surface area contributed by atoms with Crippen LogP contribution in [0.1, 0.15) is 16.8 Å². The number of hydrogen-bond donors (Lipinski definition) is 1. The summed E-state index contributed by atoms with van der Waals surface area (Å²) in [6.07, 6.45) is 2.67. The van der Waals surface area contributed by atoms with Gasteiger partial charge in [-0.3, -0.25) is 19.8 Å². The van der Waals surface area contributed by atoms with Crippen LogP contribution in [0.5, 0.6) is 0 Å². The Kier molecular flexibility index (Phi) is 2.52. The molecule has 0 spiro atoms. The number of hydrogen-bond acceptors (Lipinski definition) is 4. The first kappa shape index (κ1) is 11.4. The average Bonchev–Trinajstić information content (AvgIpc) is 2.81. The van der Waals surface area contributed by atoms with Gasteiger partial charge in [-0.15, -0.1) is 5.10 Å². The van der Waals surface area contributed by atoms with Crippen molar-refractivity contribution in [2.24, 2.45) is 0 Å². The summed E-state index contributed by atoms with van der Waals surface area (Å²) in [5, 5.41) is 6.46. The number of aromatic nitrogens is 2. The van der Waals surface area contributed by atoms with Crippen LogP contribution in [0.25, 0.3) is 5.52 Å². The van der Waals surface area contributed by atoms with Crippen LogP contribution in [-0.4, -0.2) is 34.4 Å². The van der Waals surface area contributed by atoms with Crippen LogP contribution in [0.3, 0.4) is 0 Å². The van der Waals surface area contributed by atoms with Gasteiger partial charge in [-0.05, 0) is 12.1 Å². The average molecular weight is 258 g/mol. The molecule has 7 nitrogen and oxygen atoms in total. The molecule has 3 heterocycles. The second kappa shape index (κ2) is 4.20. The Morgan fingerprint density at radius 1 is 1.37 bits per heavy atom. The van der Waals surface area contributed by atoms with E-state index in [4.69, 9.17) is 0 Å². The summed E-state index contributed by atoms with van der Waals surface area (Å²) in [5.41, 5.74) is 1.12. The molecule has 7 heteroatoms. The minimum Gasteiger partial charge on any atom is -0.298 e. The normalized spacial score (nSPS) is 15.7. The number of anilines is 1. The van der Waals surface area contributed by atoms with E-state index in [1.165, 1.54) is 9.42 Å². The largest absolute Gasteiger partial charge is 0.329 e. The highest BCUT2D eigenvalue weighted by molar-refractivity contribution is 6.05. The summed E-state index contributed by atoms with van der Waals surface area (Å²) in [6, 6.07) is 4.53. The van der Waals surface area contributed by atoms with Crippen LogP contribution in [0.15, 0.2) is 24.4 Å². The quantitative estimate of drug-likeness (QED) is 0.799. The van der Waals surface area contributed by atoms with E-state index in [2.05, 4.69) is 10.4 Å². The van der Waals surface area contributed by atoms with Crippen molar-refractivity contribution in [1.82, 2.24) is 14.9 Å². The van der Waals surface area contributed by atoms with E-state index in [1.807, 2.05) is 0 Å². The standard InChI is InChI=1S/C12H10N4O3/c17-7-8-2-1-4-16-9(8)6-10(14-16)15-5-3-11(18)13-12(15)19/h1-2,4,6-7H,3,5H2,(H,13,18,19). The Morgan fingerprint density at radius 3 is 2.95 bits per heavy atom. The molecule has 1 saturated heterocycles. The van der Waals surface area contributed by atoms with Crippen LogP contribution in [-0.2, 0) is 4.79 Å². The molecule has 2 aromatic heterocycles. The van der Waals surface area contributed by atoms with Gasteiger partial charge in [0.15, 0.2) is 12.1 Å². The molecule has 0 aromatic carbocycles. The van der Waals surface area contributed by atoms with Crippen LogP contribution in [0, 0.1) is 0 Å². The Bertz CT molecular complexity index is 691. The number of amides is 3. The maximum absolute atomic E-state index is 11.7. The van der Waals surface area contributed by atoms with Crippen LogP contribution in [0.4, 0.5) is 10.6 Å². The van der Waals surface area contributed by atoms with E-state index in [0.717, 1.165) is 6.29 Å². The predicted molar refractivity (Wildman–Crippen MR) is 66.1 cm³/mol. The first-order valence-electron chi connectivity index (χ1n) is 5.74. The molecule has 0 bridgehead atoms. The number of rotatable bonds is 2. The Labute approximate surface area is 107 Å². The highest BCUT2D eigenvalue weighted by Crippen LogP contribution is 2.19. The summed E-state index contributed by atoms with van der Waals surface area (Å²) in [4.78, 5) is 35.1. The lowest BCUT2D eigenvalue weighted by Gasteiger charge is -2.23. The van der Waals surface area contributed by atoms with Crippen LogP contribution >= 0.6 is 0 Å². The zero-order valence-electron chi connectivity index (χ0n) is 9.87. The predicted octanol–water partition coefficient (Wildman–Crippen LogP) is 0.593. The minimum atomic E-state index is -0.493. The second-order valence-electron chi connectivity index (χ2n) is 4.17. The molecule has 0 aliphatic carbocycles. The van der Waals surface area contributed by atoms with E-state index in [-0.39, 0.29) is 18.9 Å². The van der Waals surface area contributed by atoms with Crippen LogP contribution < -0.4 is 10.2 Å². The van der Waals surface area contributed by atoms with E-state index in [9.17, 15) is 14.4 Å². The molecular weight excluding hydrogens is 248 g/mol. The number of urea groups is 1. The maximum atomic E-state index is 11.7. The Balaban J connectivity index is 2.04. The van der Waals surface area contributed by atoms with Crippen LogP contribution in [0.2, 0.25) is 0 Å². The fourth-order valence-corrected chi connectivity index (χ4v) is 2.04. The molecule has 0 saturated carbocycles. The maximum Gasteiger partial charge on any atom is 0.329 e. The zero-order valence-corrected chi connectivity index (χ0v) is 9.87. The third kappa shape index (κ3) is 1.85. The molecule has 1 fully saturated rings. The van der Waals surface area contributed by atoms with E-state index in [0.29, 0.717) is 16.9 Å². The van der Waals surface area contributed by atoms with Gasteiger partial charge in [0.1, 0.15) is 0 Å². The van der Waals surface area contributed by atoms with Crippen molar-refractivity contribution >= 4 is 29.6 Å². The number of imide groups is 1. The fraction of sp³-hybridized carbons (Fsp3) is 0.167. The third-order valence-corrected chi connectivity index (χ3v) is 2.98. The molecule has 0 radical (unpaired) electrons. The SMILES string of the molecule is O=Cc1cccn2nc(N3CCC(=O)NC3=O)cc12. The van der Waals surface area contributed by atoms with Gasteiger partial charge in [0.05, 0.1) is 5.52 Å². The lowest BCUT2D eigenvalue weighted by atomic mass is 10.2. The van der Waals surface area contributed by atoms with Crippen molar-refractivity contribution in [3.05, 3.63) is 30.0 Å². The van der Waals surface area contributed by atoms with Crippen molar-refractivity contribution in [3.8, 4) is 0 Å². The Hall–Kier alpha value is -2.70. The van der Waals surface area contributed by atoms with E-state index in [1.54, 1.807) is 24.4 Å². The summed E-state index contributed by atoms with van der Waals surface area (Å²) in [5.74, 6) is 0.123. The Morgan fingerprint density at radius 2 is 2.21 bits per heavy atom. The molecule has 1 N–H and O–H groups in total. The van der Waals surface area contributed by atoms with Gasteiger partial charge in [0.2, 0.25) is 5.91 Å². The molecule has 1 aliphatic heterocycles. The molecule has 19 heavy (non-hydrogen) atoms. The topological polar surface area (TPSA) is 83.8 Å². The molecule has 1 aliphatic rings. The number of nitrogens with one attached hydrogen (secondary N) is 1. The monoisotopic (exact) mass is 258 g/mol. The lowest BCUT2D eigenvalue weighted by molar-refractivity contribution is -0.120. The summed E-state index contributed by atoms with van der Waals surface area (Å²) >= 11 is 0. The molecule has 0 unspecified atom stereocenters. The van der Waals surface area contributed by atoms with Crippen molar-refractivity contribution in [1.29, 1.82) is 0 Å². The van der Waals surface area contributed by atoms with Gasteiger partial charge in [0, 0.05) is 30.8 Å². The summed E-state index contributed by atoms with van der Waals surface area (Å²) in [6.45, 7) is 0.283. The highest BCUT2D eigenvalue weighted by Gasteiger charge is 2.26. The molecule has 96 valence electrons. The zero-order chi connectivity index (χ0) is 13.4. The van der Waals surface area contributed by atoms with Crippen molar-refractivity contribution < 1.29 is 14.4 Å². The minimum absolute atomic E-state index is 0.236. The summed E-state index contributed by atoms with van der Waals surface area (Å²) < 4.78 is 1.53. The fourth-order valence-electron chi connectivity index (χ4n) is 2.04. The van der Waals surface area contributed by atoms with Crippen molar-refractivity contribution in [3.63, 3.8) is 0 Å². The van der Waals surface area contributed by atoms with Gasteiger partial charge < -0.3 is 0 Å². The number of fused-ring (bicyclic) bond motifs is 1. The smallest absolute Gasteiger partial charge is 0.298 e. The van der Waals surface area contributed by atoms with Crippen molar-refractivity contribution in [2.75, 3.05) is 11.4 Å². The number of carbonyl (C=O) groups is 3. The first-order chi connectivity index (χ1) is 9.19. The van der Waals surface area contributed by atoms with E-state index < -0.39 is 6.03 Å².